The summed E-state index contributed by atoms with van der Waals surface area (Å²) in [5, 5.41) is 0. The van der Waals surface area contributed by atoms with Gasteiger partial charge in [0.25, 0.3) is 0 Å². The van der Waals surface area contributed by atoms with Crippen LogP contribution in [0.25, 0.3) is 0 Å². The average molecular weight is 244 g/mol. The molecular weight excluding hydrogens is 230 g/mol. The van der Waals surface area contributed by atoms with Crippen molar-refractivity contribution < 1.29 is 8.78 Å². The Bertz CT molecular complexity index is 534. The minimum atomic E-state index is -0.136. The molecule has 4 aliphatic carbocycles. The summed E-state index contributed by atoms with van der Waals surface area (Å²) < 4.78 is 27.6. The fraction of sp³-hybridized carbons (Fsp3) is 0.250. The summed E-state index contributed by atoms with van der Waals surface area (Å²) in [5.74, 6) is -0.272. The third-order valence-corrected chi connectivity index (χ3v) is 3.60. The molecule has 0 fully saturated rings. The van der Waals surface area contributed by atoms with Crippen LogP contribution in [0.4, 0.5) is 8.78 Å². The number of aryl methyl sites for hydroxylation is 4. The van der Waals surface area contributed by atoms with Crippen LogP contribution in [0.1, 0.15) is 22.3 Å². The van der Waals surface area contributed by atoms with Gasteiger partial charge in [-0.2, -0.15) is 0 Å². The van der Waals surface area contributed by atoms with Crippen LogP contribution in [0.3, 0.4) is 0 Å². The van der Waals surface area contributed by atoms with Crippen molar-refractivity contribution in [2.24, 2.45) is 0 Å². The Morgan fingerprint density at radius 2 is 1.06 bits per heavy atom. The molecule has 6 rings (SSSR count). The van der Waals surface area contributed by atoms with E-state index in [2.05, 4.69) is 0 Å². The summed E-state index contributed by atoms with van der Waals surface area (Å²) in [4.78, 5) is 0. The lowest BCUT2D eigenvalue weighted by molar-refractivity contribution is 0.596. The van der Waals surface area contributed by atoms with E-state index in [0.717, 1.165) is 11.1 Å². The van der Waals surface area contributed by atoms with E-state index in [1.165, 1.54) is 0 Å². The summed E-state index contributed by atoms with van der Waals surface area (Å²) in [6, 6.07) is 10.8. The Balaban J connectivity index is 2.03. The first-order valence-electron chi connectivity index (χ1n) is 6.27. The zero-order chi connectivity index (χ0) is 12.5. The van der Waals surface area contributed by atoms with Crippen molar-refractivity contribution in [2.45, 2.75) is 25.7 Å². The van der Waals surface area contributed by atoms with Gasteiger partial charge in [0, 0.05) is 0 Å². The molecule has 0 saturated heterocycles. The molecular formula is C16H14F2. The van der Waals surface area contributed by atoms with Gasteiger partial charge in [-0.1, -0.05) is 24.3 Å². The smallest absolute Gasteiger partial charge is 0.126 e. The van der Waals surface area contributed by atoms with Crippen molar-refractivity contribution in [1.29, 1.82) is 0 Å². The Morgan fingerprint density at radius 3 is 1.44 bits per heavy atom. The van der Waals surface area contributed by atoms with Gasteiger partial charge < -0.3 is 0 Å². The number of hydrogen-bond donors (Lipinski definition) is 0. The topological polar surface area (TPSA) is 0 Å². The van der Waals surface area contributed by atoms with E-state index in [1.54, 1.807) is 12.1 Å². The maximum Gasteiger partial charge on any atom is 0.126 e. The molecule has 0 heterocycles. The first-order valence-corrected chi connectivity index (χ1v) is 6.27. The van der Waals surface area contributed by atoms with Crippen LogP contribution in [-0.2, 0) is 25.7 Å². The maximum absolute atomic E-state index is 13.8. The van der Waals surface area contributed by atoms with Crippen molar-refractivity contribution in [3.63, 3.8) is 0 Å². The molecule has 0 saturated carbocycles. The van der Waals surface area contributed by atoms with Gasteiger partial charge in [0.05, 0.1) is 0 Å². The second-order valence-corrected chi connectivity index (χ2v) is 4.85. The van der Waals surface area contributed by atoms with Crippen LogP contribution in [0, 0.1) is 11.6 Å². The molecule has 0 unspecified atom stereocenters. The first kappa shape index (κ1) is 11.4. The normalized spacial score (nSPS) is 14.3. The van der Waals surface area contributed by atoms with E-state index >= 15 is 0 Å². The Kier molecular flexibility index (Phi) is 2.86. The molecule has 0 aromatic heterocycles. The highest BCUT2D eigenvalue weighted by molar-refractivity contribution is 5.30. The lowest BCUT2D eigenvalue weighted by atomic mass is 9.96. The number of halogens is 2. The predicted octanol–water partition coefficient (Wildman–Crippen LogP) is 3.85. The standard InChI is InChI=1S/C16H14F2/c17-15-9-11-1-5-13(15)8-4-12-2-6-14(7-3-11)16(18)10-12/h1-2,5-6,9-10H,3-4,7-8H2. The summed E-state index contributed by atoms with van der Waals surface area (Å²) in [7, 11) is 0. The van der Waals surface area contributed by atoms with Crippen molar-refractivity contribution in [1.82, 2.24) is 0 Å². The zero-order valence-corrected chi connectivity index (χ0v) is 10.0. The highest BCUT2D eigenvalue weighted by atomic mass is 19.1. The fourth-order valence-corrected chi connectivity index (χ4v) is 2.46. The lowest BCUT2D eigenvalue weighted by Gasteiger charge is -2.11. The first-order chi connectivity index (χ1) is 8.72. The van der Waals surface area contributed by atoms with E-state index in [4.69, 9.17) is 0 Å². The zero-order valence-electron chi connectivity index (χ0n) is 10.0. The van der Waals surface area contributed by atoms with Gasteiger partial charge in [0.15, 0.2) is 0 Å². The van der Waals surface area contributed by atoms with Crippen molar-refractivity contribution in [2.75, 3.05) is 0 Å². The maximum atomic E-state index is 13.8. The van der Waals surface area contributed by atoms with Crippen LogP contribution >= 0.6 is 0 Å². The summed E-state index contributed by atoms with van der Waals surface area (Å²) in [6.07, 6.45) is 2.58. The molecule has 0 amide bonds. The third-order valence-electron chi connectivity index (χ3n) is 3.60. The second kappa shape index (κ2) is 4.52. The Morgan fingerprint density at radius 1 is 0.611 bits per heavy atom. The van der Waals surface area contributed by atoms with Crippen LogP contribution in [-0.4, -0.2) is 0 Å². The van der Waals surface area contributed by atoms with Crippen LogP contribution < -0.4 is 0 Å². The molecule has 2 aromatic rings. The molecule has 0 nitrogen and oxygen atoms in total. The Labute approximate surface area is 105 Å². The van der Waals surface area contributed by atoms with E-state index in [1.807, 2.05) is 24.3 Å². The molecule has 4 bridgehead atoms. The van der Waals surface area contributed by atoms with Gasteiger partial charge in [0.1, 0.15) is 11.6 Å². The highest BCUT2D eigenvalue weighted by Crippen LogP contribution is 2.19. The summed E-state index contributed by atoms with van der Waals surface area (Å²) in [5.41, 5.74) is 3.29. The summed E-state index contributed by atoms with van der Waals surface area (Å²) >= 11 is 0. The molecule has 2 aromatic carbocycles. The molecule has 0 N–H and O–H groups in total. The van der Waals surface area contributed by atoms with Crippen LogP contribution in [0.15, 0.2) is 36.4 Å². The van der Waals surface area contributed by atoms with E-state index < -0.39 is 0 Å². The van der Waals surface area contributed by atoms with Crippen molar-refractivity contribution in [3.8, 4) is 0 Å². The van der Waals surface area contributed by atoms with Crippen LogP contribution in [0.5, 0.6) is 0 Å². The minimum Gasteiger partial charge on any atom is -0.207 e. The van der Waals surface area contributed by atoms with Crippen LogP contribution in [0.2, 0.25) is 0 Å². The third kappa shape index (κ3) is 2.15. The average Bonchev–Trinajstić information content (AvgIpc) is 2.34. The van der Waals surface area contributed by atoms with Crippen molar-refractivity contribution >= 4 is 0 Å². The number of benzene rings is 2. The quantitative estimate of drug-likeness (QED) is 0.660. The molecule has 18 heavy (non-hydrogen) atoms. The van der Waals surface area contributed by atoms with Gasteiger partial charge >= 0.3 is 0 Å². The molecule has 0 radical (unpaired) electrons. The Hall–Kier alpha value is -1.70. The minimum absolute atomic E-state index is 0.136. The van der Waals surface area contributed by atoms with Gasteiger partial charge in [0.2, 0.25) is 0 Å². The van der Waals surface area contributed by atoms with Gasteiger partial charge in [-0.05, 0) is 60.1 Å². The van der Waals surface area contributed by atoms with Gasteiger partial charge in [-0.25, -0.2) is 8.78 Å². The van der Waals surface area contributed by atoms with Crippen molar-refractivity contribution in [3.05, 3.63) is 70.3 Å². The molecule has 4 aliphatic rings. The van der Waals surface area contributed by atoms with E-state index in [-0.39, 0.29) is 11.6 Å². The highest BCUT2D eigenvalue weighted by Gasteiger charge is 2.10. The largest absolute Gasteiger partial charge is 0.207 e. The van der Waals surface area contributed by atoms with E-state index in [0.29, 0.717) is 36.8 Å². The number of rotatable bonds is 0. The molecule has 0 spiro atoms. The van der Waals surface area contributed by atoms with Gasteiger partial charge in [-0.15, -0.1) is 0 Å². The SMILES string of the molecule is Fc1cc2ccc1CCc1ccc(c(F)c1)CC2. The second-order valence-electron chi connectivity index (χ2n) is 4.85. The number of hydrogen-bond acceptors (Lipinski definition) is 0. The van der Waals surface area contributed by atoms with E-state index in [9.17, 15) is 8.78 Å². The molecule has 92 valence electrons. The predicted molar refractivity (Wildman–Crippen MR) is 67.6 cm³/mol. The van der Waals surface area contributed by atoms with Gasteiger partial charge in [-0.3, -0.25) is 0 Å². The summed E-state index contributed by atoms with van der Waals surface area (Å²) in [6.45, 7) is 0. The fourth-order valence-electron chi connectivity index (χ4n) is 2.46. The molecule has 2 heteroatoms. The lowest BCUT2D eigenvalue weighted by Crippen LogP contribution is -2.02. The molecule has 0 aliphatic heterocycles. The molecule has 0 atom stereocenters. The monoisotopic (exact) mass is 244 g/mol.